The molecule has 0 aromatic carbocycles. The first-order chi connectivity index (χ1) is 5.66. The van der Waals surface area contributed by atoms with Crippen LogP contribution in [-0.4, -0.2) is 14.7 Å². The fourth-order valence-electron chi connectivity index (χ4n) is 0.922. The summed E-state index contributed by atoms with van der Waals surface area (Å²) in [7, 11) is 0. The van der Waals surface area contributed by atoms with Crippen molar-refractivity contribution in [1.29, 1.82) is 0 Å². The van der Waals surface area contributed by atoms with Gasteiger partial charge in [-0.3, -0.25) is 14.8 Å². The molecule has 64 valence electrons. The van der Waals surface area contributed by atoms with E-state index in [1.807, 2.05) is 0 Å². The van der Waals surface area contributed by atoms with E-state index in [2.05, 4.69) is 11.7 Å². The summed E-state index contributed by atoms with van der Waals surface area (Å²) in [5, 5.41) is 14.2. The second-order valence-corrected chi connectivity index (χ2v) is 2.34. The van der Waals surface area contributed by atoms with Crippen LogP contribution in [0.25, 0.3) is 0 Å². The lowest BCUT2D eigenvalue weighted by atomic mass is 10.4. The van der Waals surface area contributed by atoms with E-state index >= 15 is 0 Å². The number of nitrogens with zero attached hydrogens (tertiary/aromatic N) is 3. The molecule has 1 heterocycles. The average Bonchev–Trinajstić information content (AvgIpc) is 2.34. The zero-order chi connectivity index (χ0) is 9.14. The molecule has 0 N–H and O–H groups in total. The molecular weight excluding hydrogens is 158 g/mol. The van der Waals surface area contributed by atoms with E-state index in [9.17, 15) is 10.1 Å². The van der Waals surface area contributed by atoms with Gasteiger partial charge < -0.3 is 0 Å². The Morgan fingerprint density at radius 2 is 2.58 bits per heavy atom. The van der Waals surface area contributed by atoms with Crippen LogP contribution in [-0.2, 0) is 6.54 Å². The standard InChI is InChI=1S/C7H9N3O2/c1-3-4-9-6(2)7(5-8-9)10(11)12/h3,5H,1,4H2,2H3. The minimum absolute atomic E-state index is 0.0526. The molecule has 0 saturated heterocycles. The largest absolute Gasteiger partial charge is 0.309 e. The summed E-state index contributed by atoms with van der Waals surface area (Å²) in [6, 6.07) is 0. The van der Waals surface area contributed by atoms with Crippen LogP contribution < -0.4 is 0 Å². The monoisotopic (exact) mass is 167 g/mol. The molecule has 1 aromatic heterocycles. The molecule has 0 unspecified atom stereocenters. The van der Waals surface area contributed by atoms with Crippen LogP contribution >= 0.6 is 0 Å². The second kappa shape index (κ2) is 3.17. The zero-order valence-electron chi connectivity index (χ0n) is 6.73. The first kappa shape index (κ1) is 8.45. The third-order valence-electron chi connectivity index (χ3n) is 1.58. The fraction of sp³-hybridized carbons (Fsp3) is 0.286. The topological polar surface area (TPSA) is 61.0 Å². The Kier molecular flexibility index (Phi) is 2.23. The molecule has 0 saturated carbocycles. The van der Waals surface area contributed by atoms with Gasteiger partial charge in [0.15, 0.2) is 0 Å². The van der Waals surface area contributed by atoms with Crippen LogP contribution in [0.5, 0.6) is 0 Å². The van der Waals surface area contributed by atoms with E-state index in [0.29, 0.717) is 12.2 Å². The third-order valence-corrected chi connectivity index (χ3v) is 1.58. The molecule has 0 aliphatic heterocycles. The van der Waals surface area contributed by atoms with Crippen molar-refractivity contribution in [1.82, 2.24) is 9.78 Å². The molecule has 12 heavy (non-hydrogen) atoms. The van der Waals surface area contributed by atoms with Gasteiger partial charge in [0.2, 0.25) is 0 Å². The molecule has 0 bridgehead atoms. The van der Waals surface area contributed by atoms with Crippen LogP contribution in [0.4, 0.5) is 5.69 Å². The normalized spacial score (nSPS) is 9.75. The summed E-state index contributed by atoms with van der Waals surface area (Å²) < 4.78 is 1.53. The van der Waals surface area contributed by atoms with Gasteiger partial charge in [0.25, 0.3) is 0 Å². The lowest BCUT2D eigenvalue weighted by Crippen LogP contribution is -2.00. The van der Waals surface area contributed by atoms with Crippen molar-refractivity contribution in [2.45, 2.75) is 13.5 Å². The number of allylic oxidation sites excluding steroid dienone is 1. The first-order valence-electron chi connectivity index (χ1n) is 3.44. The van der Waals surface area contributed by atoms with E-state index in [-0.39, 0.29) is 5.69 Å². The van der Waals surface area contributed by atoms with Crippen molar-refractivity contribution in [3.63, 3.8) is 0 Å². The lowest BCUT2D eigenvalue weighted by Gasteiger charge is -1.96. The third kappa shape index (κ3) is 1.34. The molecule has 0 spiro atoms. The molecule has 0 amide bonds. The summed E-state index contributed by atoms with van der Waals surface area (Å²) in [5.41, 5.74) is 0.608. The minimum atomic E-state index is -0.443. The van der Waals surface area contributed by atoms with Crippen LogP contribution in [0.3, 0.4) is 0 Å². The Morgan fingerprint density at radius 3 is 3.00 bits per heavy atom. The average molecular weight is 167 g/mol. The SMILES string of the molecule is C=CCn1ncc([N+](=O)[O-])c1C. The highest BCUT2D eigenvalue weighted by Crippen LogP contribution is 2.15. The highest BCUT2D eigenvalue weighted by atomic mass is 16.6. The summed E-state index contributed by atoms with van der Waals surface area (Å²) in [6.45, 7) is 5.68. The van der Waals surface area contributed by atoms with Gasteiger partial charge in [0.1, 0.15) is 11.9 Å². The molecule has 0 atom stereocenters. The van der Waals surface area contributed by atoms with Crippen LogP contribution in [0, 0.1) is 17.0 Å². The highest BCUT2D eigenvalue weighted by molar-refractivity contribution is 5.31. The van der Waals surface area contributed by atoms with Gasteiger partial charge in [-0.1, -0.05) is 6.08 Å². The van der Waals surface area contributed by atoms with Crippen LogP contribution in [0.2, 0.25) is 0 Å². The smallest absolute Gasteiger partial charge is 0.259 e. The molecular formula is C7H9N3O2. The maximum absolute atomic E-state index is 10.4. The maximum Gasteiger partial charge on any atom is 0.309 e. The Morgan fingerprint density at radius 1 is 1.92 bits per heavy atom. The van der Waals surface area contributed by atoms with Gasteiger partial charge in [-0.05, 0) is 6.92 Å². The Bertz CT molecular complexity index is 316. The van der Waals surface area contributed by atoms with E-state index in [0.717, 1.165) is 0 Å². The molecule has 5 nitrogen and oxygen atoms in total. The Labute approximate surface area is 69.5 Å². The lowest BCUT2D eigenvalue weighted by molar-refractivity contribution is -0.385. The summed E-state index contributed by atoms with van der Waals surface area (Å²) in [4.78, 5) is 9.92. The molecule has 0 aliphatic carbocycles. The van der Waals surface area contributed by atoms with Gasteiger partial charge in [-0.25, -0.2) is 0 Å². The number of rotatable bonds is 3. The maximum atomic E-state index is 10.4. The molecule has 1 aromatic rings. The fourth-order valence-corrected chi connectivity index (χ4v) is 0.922. The highest BCUT2D eigenvalue weighted by Gasteiger charge is 2.14. The van der Waals surface area contributed by atoms with E-state index in [4.69, 9.17) is 0 Å². The Hall–Kier alpha value is -1.65. The molecule has 0 aliphatic rings. The van der Waals surface area contributed by atoms with Crippen molar-refractivity contribution in [2.24, 2.45) is 0 Å². The van der Waals surface area contributed by atoms with Crippen molar-refractivity contribution in [3.05, 3.63) is 34.7 Å². The summed E-state index contributed by atoms with van der Waals surface area (Å²) in [6.07, 6.45) is 2.89. The number of hydrogen-bond acceptors (Lipinski definition) is 3. The second-order valence-electron chi connectivity index (χ2n) is 2.34. The van der Waals surface area contributed by atoms with E-state index < -0.39 is 4.92 Å². The van der Waals surface area contributed by atoms with E-state index in [1.54, 1.807) is 13.0 Å². The molecule has 0 fully saturated rings. The van der Waals surface area contributed by atoms with Gasteiger partial charge in [0.05, 0.1) is 11.5 Å². The predicted octanol–water partition coefficient (Wildman–Crippen LogP) is 1.29. The Balaban J connectivity index is 3.03. The van der Waals surface area contributed by atoms with Crippen molar-refractivity contribution in [3.8, 4) is 0 Å². The first-order valence-corrected chi connectivity index (χ1v) is 3.44. The van der Waals surface area contributed by atoms with Gasteiger partial charge in [-0.15, -0.1) is 6.58 Å². The van der Waals surface area contributed by atoms with Crippen LogP contribution in [0.15, 0.2) is 18.9 Å². The molecule has 5 heteroatoms. The quantitative estimate of drug-likeness (QED) is 0.387. The van der Waals surface area contributed by atoms with Crippen LogP contribution in [0.1, 0.15) is 5.69 Å². The van der Waals surface area contributed by atoms with Gasteiger partial charge in [0, 0.05) is 0 Å². The molecule has 1 rings (SSSR count). The van der Waals surface area contributed by atoms with Crippen molar-refractivity contribution in [2.75, 3.05) is 0 Å². The number of nitro groups is 1. The van der Waals surface area contributed by atoms with E-state index in [1.165, 1.54) is 10.9 Å². The van der Waals surface area contributed by atoms with Crippen molar-refractivity contribution < 1.29 is 4.92 Å². The summed E-state index contributed by atoms with van der Waals surface area (Å²) >= 11 is 0. The summed E-state index contributed by atoms with van der Waals surface area (Å²) in [5.74, 6) is 0. The number of hydrogen-bond donors (Lipinski definition) is 0. The molecule has 0 radical (unpaired) electrons. The van der Waals surface area contributed by atoms with Crippen molar-refractivity contribution >= 4 is 5.69 Å². The predicted molar refractivity (Wildman–Crippen MR) is 43.8 cm³/mol. The van der Waals surface area contributed by atoms with Gasteiger partial charge in [-0.2, -0.15) is 5.10 Å². The zero-order valence-corrected chi connectivity index (χ0v) is 6.73. The minimum Gasteiger partial charge on any atom is -0.259 e. The van der Waals surface area contributed by atoms with Gasteiger partial charge >= 0.3 is 5.69 Å². The number of aromatic nitrogens is 2.